The van der Waals surface area contributed by atoms with E-state index in [1.165, 1.54) is 0 Å². The second kappa shape index (κ2) is 8.18. The van der Waals surface area contributed by atoms with Crippen LogP contribution in [-0.2, 0) is 0 Å². The van der Waals surface area contributed by atoms with E-state index < -0.39 is 6.10 Å². The average molecular weight is 363 g/mol. The number of amides is 2. The van der Waals surface area contributed by atoms with Gasteiger partial charge in [-0.1, -0.05) is 37.3 Å². The van der Waals surface area contributed by atoms with E-state index in [-0.39, 0.29) is 12.6 Å². The molecule has 0 aliphatic heterocycles. The minimum atomic E-state index is -0.532. The summed E-state index contributed by atoms with van der Waals surface area (Å²) in [6.07, 6.45) is 0.0677. The number of aryl methyl sites for hydroxylation is 2. The minimum absolute atomic E-state index is 0.230. The van der Waals surface area contributed by atoms with Crippen LogP contribution in [-0.4, -0.2) is 28.8 Å². The highest BCUT2D eigenvalue weighted by Gasteiger charge is 2.12. The SMILES string of the molecule is CCC(O)CNC(=O)Nc1ccc2nc(C)c(-c3ccccc3)c(C)c2c1. The second-order valence-electron chi connectivity index (χ2n) is 6.69. The van der Waals surface area contributed by atoms with Gasteiger partial charge in [0.05, 0.1) is 11.6 Å². The van der Waals surface area contributed by atoms with Gasteiger partial charge >= 0.3 is 6.03 Å². The van der Waals surface area contributed by atoms with Crippen LogP contribution >= 0.6 is 0 Å². The van der Waals surface area contributed by atoms with E-state index in [0.717, 1.165) is 33.3 Å². The Morgan fingerprint density at radius 3 is 2.59 bits per heavy atom. The van der Waals surface area contributed by atoms with Crippen molar-refractivity contribution in [3.63, 3.8) is 0 Å². The number of benzene rings is 2. The quantitative estimate of drug-likeness (QED) is 0.628. The summed E-state index contributed by atoms with van der Waals surface area (Å²) in [5.74, 6) is 0. The van der Waals surface area contributed by atoms with Crippen molar-refractivity contribution in [2.45, 2.75) is 33.3 Å². The molecule has 0 saturated heterocycles. The Kier molecular flexibility index (Phi) is 5.72. The predicted octanol–water partition coefficient (Wildman–Crippen LogP) is 4.41. The number of fused-ring (bicyclic) bond motifs is 1. The monoisotopic (exact) mass is 363 g/mol. The van der Waals surface area contributed by atoms with Crippen LogP contribution in [0.5, 0.6) is 0 Å². The van der Waals surface area contributed by atoms with E-state index in [4.69, 9.17) is 4.98 Å². The maximum Gasteiger partial charge on any atom is 0.319 e. The molecule has 3 rings (SSSR count). The molecule has 5 nitrogen and oxygen atoms in total. The number of nitrogens with one attached hydrogen (secondary N) is 2. The van der Waals surface area contributed by atoms with Gasteiger partial charge in [0.15, 0.2) is 0 Å². The van der Waals surface area contributed by atoms with Crippen molar-refractivity contribution in [3.05, 3.63) is 59.8 Å². The molecule has 0 aliphatic carbocycles. The maximum absolute atomic E-state index is 12.0. The second-order valence-corrected chi connectivity index (χ2v) is 6.69. The van der Waals surface area contributed by atoms with Crippen molar-refractivity contribution in [2.75, 3.05) is 11.9 Å². The van der Waals surface area contributed by atoms with Gasteiger partial charge in [0.1, 0.15) is 0 Å². The number of urea groups is 1. The molecule has 140 valence electrons. The zero-order valence-electron chi connectivity index (χ0n) is 15.9. The van der Waals surface area contributed by atoms with E-state index in [1.54, 1.807) is 0 Å². The lowest BCUT2D eigenvalue weighted by Crippen LogP contribution is -2.34. The number of aliphatic hydroxyl groups excluding tert-OH is 1. The number of hydrogen-bond acceptors (Lipinski definition) is 3. The molecule has 5 heteroatoms. The Labute approximate surface area is 159 Å². The molecule has 3 N–H and O–H groups in total. The number of nitrogens with zero attached hydrogens (tertiary/aromatic N) is 1. The van der Waals surface area contributed by atoms with Crippen molar-refractivity contribution in [1.29, 1.82) is 0 Å². The van der Waals surface area contributed by atoms with E-state index in [2.05, 4.69) is 29.7 Å². The molecule has 1 aromatic heterocycles. The molecule has 1 heterocycles. The van der Waals surface area contributed by atoms with E-state index in [0.29, 0.717) is 12.1 Å². The smallest absolute Gasteiger partial charge is 0.319 e. The zero-order valence-corrected chi connectivity index (χ0v) is 15.9. The van der Waals surface area contributed by atoms with Gasteiger partial charge < -0.3 is 15.7 Å². The number of carbonyl (C=O) groups is 1. The van der Waals surface area contributed by atoms with Gasteiger partial charge in [0.25, 0.3) is 0 Å². The lowest BCUT2D eigenvalue weighted by Gasteiger charge is -2.15. The molecule has 0 aliphatic rings. The van der Waals surface area contributed by atoms with Crippen LogP contribution in [0, 0.1) is 13.8 Å². The van der Waals surface area contributed by atoms with E-state index in [9.17, 15) is 9.90 Å². The molecule has 0 bridgehead atoms. The summed E-state index contributed by atoms with van der Waals surface area (Å²) < 4.78 is 0. The first-order valence-electron chi connectivity index (χ1n) is 9.19. The molecule has 0 spiro atoms. The fourth-order valence-corrected chi connectivity index (χ4v) is 3.21. The number of rotatable bonds is 5. The number of carbonyl (C=O) groups excluding carboxylic acids is 1. The largest absolute Gasteiger partial charge is 0.391 e. The molecule has 27 heavy (non-hydrogen) atoms. The summed E-state index contributed by atoms with van der Waals surface area (Å²) >= 11 is 0. The summed E-state index contributed by atoms with van der Waals surface area (Å²) in [6, 6.07) is 15.6. The first kappa shape index (κ1) is 18.9. The Morgan fingerprint density at radius 1 is 1.15 bits per heavy atom. The average Bonchev–Trinajstić information content (AvgIpc) is 2.67. The molecule has 0 fully saturated rings. The number of hydrogen-bond donors (Lipinski definition) is 3. The lowest BCUT2D eigenvalue weighted by molar-refractivity contribution is 0.168. The number of anilines is 1. The molecule has 1 atom stereocenters. The highest BCUT2D eigenvalue weighted by molar-refractivity contribution is 5.95. The van der Waals surface area contributed by atoms with Crippen LogP contribution in [0.3, 0.4) is 0 Å². The zero-order chi connectivity index (χ0) is 19.4. The molecular weight excluding hydrogens is 338 g/mol. The minimum Gasteiger partial charge on any atom is -0.391 e. The number of aliphatic hydroxyl groups is 1. The number of pyridine rings is 1. The van der Waals surface area contributed by atoms with Gasteiger partial charge in [-0.05, 0) is 49.6 Å². The van der Waals surface area contributed by atoms with E-state index >= 15 is 0 Å². The Morgan fingerprint density at radius 2 is 1.89 bits per heavy atom. The van der Waals surface area contributed by atoms with Gasteiger partial charge in [-0.3, -0.25) is 4.98 Å². The first-order valence-corrected chi connectivity index (χ1v) is 9.19. The summed E-state index contributed by atoms with van der Waals surface area (Å²) in [5.41, 5.74) is 5.96. The van der Waals surface area contributed by atoms with E-state index in [1.807, 2.05) is 50.2 Å². The molecule has 0 saturated carbocycles. The van der Waals surface area contributed by atoms with Gasteiger partial charge in [-0.25, -0.2) is 4.79 Å². The number of aromatic nitrogens is 1. The van der Waals surface area contributed by atoms with Gasteiger partial charge in [-0.15, -0.1) is 0 Å². The summed E-state index contributed by atoms with van der Waals surface area (Å²) in [7, 11) is 0. The van der Waals surface area contributed by atoms with Gasteiger partial charge in [0, 0.05) is 28.9 Å². The molecule has 3 aromatic rings. The standard InChI is InChI=1S/C22H25N3O2/c1-4-18(26)13-23-22(27)25-17-10-11-20-19(12-17)14(2)21(15(3)24-20)16-8-6-5-7-9-16/h5-12,18,26H,4,13H2,1-3H3,(H2,23,25,27). The van der Waals surface area contributed by atoms with Gasteiger partial charge in [0.2, 0.25) is 0 Å². The summed E-state index contributed by atoms with van der Waals surface area (Å²) in [5, 5.41) is 16.1. The van der Waals surface area contributed by atoms with Crippen LogP contribution in [0.1, 0.15) is 24.6 Å². The third kappa shape index (κ3) is 4.26. The summed E-state index contributed by atoms with van der Waals surface area (Å²) in [4.78, 5) is 16.8. The first-order chi connectivity index (χ1) is 13.0. The molecule has 2 amide bonds. The Balaban J connectivity index is 1.91. The third-order valence-electron chi connectivity index (χ3n) is 4.72. The molecular formula is C22H25N3O2. The normalized spacial score (nSPS) is 12.0. The fraction of sp³-hybridized carbons (Fsp3) is 0.273. The maximum atomic E-state index is 12.0. The topological polar surface area (TPSA) is 74.2 Å². The van der Waals surface area contributed by atoms with Crippen molar-refractivity contribution < 1.29 is 9.90 Å². The Hall–Kier alpha value is -2.92. The Bertz CT molecular complexity index is 955. The third-order valence-corrected chi connectivity index (χ3v) is 4.72. The van der Waals surface area contributed by atoms with Crippen LogP contribution < -0.4 is 10.6 Å². The highest BCUT2D eigenvalue weighted by Crippen LogP contribution is 2.32. The molecule has 2 aromatic carbocycles. The molecule has 1 unspecified atom stereocenters. The lowest BCUT2D eigenvalue weighted by atomic mass is 9.96. The van der Waals surface area contributed by atoms with Crippen molar-refractivity contribution in [3.8, 4) is 11.1 Å². The van der Waals surface area contributed by atoms with Crippen LogP contribution in [0.15, 0.2) is 48.5 Å². The van der Waals surface area contributed by atoms with Crippen molar-refractivity contribution >= 4 is 22.6 Å². The van der Waals surface area contributed by atoms with Gasteiger partial charge in [-0.2, -0.15) is 0 Å². The predicted molar refractivity (Wildman–Crippen MR) is 110 cm³/mol. The summed E-state index contributed by atoms with van der Waals surface area (Å²) in [6.45, 7) is 6.21. The van der Waals surface area contributed by atoms with Crippen molar-refractivity contribution in [2.24, 2.45) is 0 Å². The van der Waals surface area contributed by atoms with Crippen LogP contribution in [0.25, 0.3) is 22.0 Å². The van der Waals surface area contributed by atoms with Crippen LogP contribution in [0.4, 0.5) is 10.5 Å². The van der Waals surface area contributed by atoms with Crippen LogP contribution in [0.2, 0.25) is 0 Å². The molecule has 0 radical (unpaired) electrons. The fourth-order valence-electron chi connectivity index (χ4n) is 3.21. The highest BCUT2D eigenvalue weighted by atomic mass is 16.3. The van der Waals surface area contributed by atoms with Crippen molar-refractivity contribution in [1.82, 2.24) is 10.3 Å².